The number of hydrogen-bond donors (Lipinski definition) is 3. The van der Waals surface area contributed by atoms with Crippen molar-refractivity contribution in [2.75, 3.05) is 19.8 Å². The van der Waals surface area contributed by atoms with Crippen LogP contribution in [0, 0.1) is 0 Å². The lowest BCUT2D eigenvalue weighted by Crippen LogP contribution is -2.34. The molecule has 0 rings (SSSR count). The molecule has 0 spiro atoms. The van der Waals surface area contributed by atoms with E-state index >= 15 is 0 Å². The van der Waals surface area contributed by atoms with Crippen molar-refractivity contribution < 1.29 is 47.5 Å². The standard InChI is InChI=1S/C52H92NO10P/c1-3-5-7-9-11-13-15-17-19-21-23-24-26-27-29-31-33-35-37-39-41-43-50(54)60-45-48(46-61-64(58,59)62-47-49(53)52(56)57)63-51(55)44-42-40-38-36-34-32-30-28-25-22-20-18-16-14-12-10-8-6-4-2/h6,8,12,14,18,20-21,23,25,28,48-49H,3-5,7,9-11,13,15-17,19,22,24,26-27,29-47,53H2,1-2H3,(H,56,57)(H,58,59)/b8-6-,14-12-,20-18-,23-21-,28-25-. The van der Waals surface area contributed by atoms with Crippen LogP contribution in [0.5, 0.6) is 0 Å². The molecule has 0 fully saturated rings. The van der Waals surface area contributed by atoms with Crippen molar-refractivity contribution in [1.82, 2.24) is 0 Å². The molecule has 370 valence electrons. The molecule has 0 bridgehead atoms. The Bertz CT molecular complexity index is 1310. The molecule has 0 aliphatic carbocycles. The van der Waals surface area contributed by atoms with E-state index in [-0.39, 0.29) is 19.4 Å². The zero-order chi connectivity index (χ0) is 47.0. The number of hydrogen-bond acceptors (Lipinski definition) is 9. The summed E-state index contributed by atoms with van der Waals surface area (Å²) in [4.78, 5) is 46.2. The van der Waals surface area contributed by atoms with Crippen molar-refractivity contribution in [2.24, 2.45) is 5.73 Å². The van der Waals surface area contributed by atoms with Gasteiger partial charge in [-0.15, -0.1) is 0 Å². The van der Waals surface area contributed by atoms with Crippen LogP contribution < -0.4 is 5.73 Å². The first-order valence-electron chi connectivity index (χ1n) is 25.3. The molecule has 0 heterocycles. The first kappa shape index (κ1) is 61.2. The summed E-state index contributed by atoms with van der Waals surface area (Å²) in [5.74, 6) is -2.40. The van der Waals surface area contributed by atoms with Gasteiger partial charge in [-0.25, -0.2) is 4.57 Å². The minimum atomic E-state index is -4.73. The van der Waals surface area contributed by atoms with Gasteiger partial charge in [-0.2, -0.15) is 0 Å². The van der Waals surface area contributed by atoms with Crippen molar-refractivity contribution >= 4 is 25.7 Å². The van der Waals surface area contributed by atoms with Gasteiger partial charge in [0.05, 0.1) is 13.2 Å². The monoisotopic (exact) mass is 922 g/mol. The number of phosphoric acid groups is 1. The molecule has 0 radical (unpaired) electrons. The van der Waals surface area contributed by atoms with Gasteiger partial charge in [0.25, 0.3) is 0 Å². The van der Waals surface area contributed by atoms with E-state index in [2.05, 4.69) is 79.1 Å². The lowest BCUT2D eigenvalue weighted by Gasteiger charge is -2.20. The van der Waals surface area contributed by atoms with Crippen LogP contribution in [0.4, 0.5) is 0 Å². The van der Waals surface area contributed by atoms with Gasteiger partial charge in [0, 0.05) is 12.8 Å². The predicted octanol–water partition coefficient (Wildman–Crippen LogP) is 14.3. The van der Waals surface area contributed by atoms with Crippen LogP contribution in [0.25, 0.3) is 0 Å². The van der Waals surface area contributed by atoms with E-state index in [1.54, 1.807) is 0 Å². The van der Waals surface area contributed by atoms with Crippen LogP contribution in [-0.2, 0) is 37.5 Å². The summed E-state index contributed by atoms with van der Waals surface area (Å²) in [6.07, 6.45) is 55.7. The first-order valence-corrected chi connectivity index (χ1v) is 26.8. The fraction of sp³-hybridized carbons (Fsp3) is 0.750. The van der Waals surface area contributed by atoms with Crippen molar-refractivity contribution in [3.63, 3.8) is 0 Å². The molecule has 0 aromatic heterocycles. The summed E-state index contributed by atoms with van der Waals surface area (Å²) < 4.78 is 32.8. The number of aliphatic carboxylic acids is 1. The first-order chi connectivity index (χ1) is 31.1. The highest BCUT2D eigenvalue weighted by Gasteiger charge is 2.28. The van der Waals surface area contributed by atoms with E-state index in [1.165, 1.54) is 96.3 Å². The maximum absolute atomic E-state index is 12.7. The van der Waals surface area contributed by atoms with Gasteiger partial charge < -0.3 is 25.2 Å². The van der Waals surface area contributed by atoms with Gasteiger partial charge in [-0.1, -0.05) is 190 Å². The van der Waals surface area contributed by atoms with E-state index in [9.17, 15) is 23.8 Å². The highest BCUT2D eigenvalue weighted by molar-refractivity contribution is 7.47. The second-order valence-electron chi connectivity index (χ2n) is 16.9. The Morgan fingerprint density at radius 1 is 0.500 bits per heavy atom. The lowest BCUT2D eigenvalue weighted by atomic mass is 10.1. The Hall–Kier alpha value is -2.82. The molecule has 0 aromatic carbocycles. The minimum absolute atomic E-state index is 0.143. The number of phosphoric ester groups is 1. The normalized spacial score (nSPS) is 14.1. The molecular weight excluding hydrogens is 830 g/mol. The van der Waals surface area contributed by atoms with Crippen molar-refractivity contribution in [3.05, 3.63) is 60.8 Å². The second kappa shape index (κ2) is 46.7. The number of esters is 2. The summed E-state index contributed by atoms with van der Waals surface area (Å²) in [5.41, 5.74) is 5.35. The predicted molar refractivity (Wildman–Crippen MR) is 263 cm³/mol. The van der Waals surface area contributed by atoms with Crippen LogP contribution in [0.15, 0.2) is 60.8 Å². The van der Waals surface area contributed by atoms with Gasteiger partial charge >= 0.3 is 25.7 Å². The van der Waals surface area contributed by atoms with Crippen LogP contribution in [0.3, 0.4) is 0 Å². The van der Waals surface area contributed by atoms with Crippen molar-refractivity contribution in [2.45, 2.75) is 231 Å². The molecule has 3 atom stereocenters. The van der Waals surface area contributed by atoms with Crippen LogP contribution in [0.1, 0.15) is 219 Å². The summed E-state index contributed by atoms with van der Waals surface area (Å²) in [6.45, 7) is 2.70. The molecule has 12 heteroatoms. The third kappa shape index (κ3) is 45.7. The van der Waals surface area contributed by atoms with E-state index in [0.717, 1.165) is 83.5 Å². The van der Waals surface area contributed by atoms with Gasteiger partial charge in [0.15, 0.2) is 6.10 Å². The van der Waals surface area contributed by atoms with Crippen LogP contribution in [0.2, 0.25) is 0 Å². The summed E-state index contributed by atoms with van der Waals surface area (Å²) in [5, 5.41) is 8.92. The zero-order valence-electron chi connectivity index (χ0n) is 40.4. The minimum Gasteiger partial charge on any atom is -0.480 e. The maximum atomic E-state index is 12.7. The van der Waals surface area contributed by atoms with E-state index in [4.69, 9.17) is 24.8 Å². The number of carboxylic acid groups (broad SMARTS) is 1. The van der Waals surface area contributed by atoms with Gasteiger partial charge in [-0.3, -0.25) is 23.4 Å². The molecule has 0 aliphatic rings. The third-order valence-electron chi connectivity index (χ3n) is 10.7. The van der Waals surface area contributed by atoms with Crippen LogP contribution >= 0.6 is 7.82 Å². The topological polar surface area (TPSA) is 172 Å². The number of carboxylic acids is 1. The van der Waals surface area contributed by atoms with Gasteiger partial charge in [-0.05, 0) is 77.0 Å². The molecule has 0 amide bonds. The Morgan fingerprint density at radius 2 is 0.875 bits per heavy atom. The number of carbonyl (C=O) groups excluding carboxylic acids is 2. The Balaban J connectivity index is 4.28. The molecule has 3 unspecified atom stereocenters. The highest BCUT2D eigenvalue weighted by atomic mass is 31.2. The van der Waals surface area contributed by atoms with E-state index < -0.39 is 51.1 Å². The number of rotatable bonds is 47. The van der Waals surface area contributed by atoms with Gasteiger partial charge in [0.2, 0.25) is 0 Å². The van der Waals surface area contributed by atoms with Crippen LogP contribution in [-0.4, -0.2) is 59.9 Å². The quantitative estimate of drug-likeness (QED) is 0.0230. The van der Waals surface area contributed by atoms with E-state index in [1.807, 2.05) is 0 Å². The van der Waals surface area contributed by atoms with Crippen molar-refractivity contribution in [1.29, 1.82) is 0 Å². The summed E-state index contributed by atoms with van der Waals surface area (Å²) in [6, 6.07) is -1.53. The van der Waals surface area contributed by atoms with E-state index in [0.29, 0.717) is 12.8 Å². The molecule has 64 heavy (non-hydrogen) atoms. The molecule has 0 aliphatic heterocycles. The fourth-order valence-corrected chi connectivity index (χ4v) is 7.59. The lowest BCUT2D eigenvalue weighted by molar-refractivity contribution is -0.161. The number of nitrogens with two attached hydrogens (primary N) is 1. The molecule has 11 nitrogen and oxygen atoms in total. The molecule has 0 aromatic rings. The Morgan fingerprint density at radius 3 is 1.33 bits per heavy atom. The smallest absolute Gasteiger partial charge is 0.472 e. The SMILES string of the molecule is CC/C=C\C/C=C\C/C=C\C/C=C\CCCCCCCCC(=O)OC(COC(=O)CCCCCCCCCCC/C=C\CCCCCCCCCC)COP(=O)(O)OCC(N)C(=O)O. The number of carbonyl (C=O) groups is 3. The number of allylic oxidation sites excluding steroid dienone is 10. The Kier molecular flexibility index (Phi) is 44.6. The van der Waals surface area contributed by atoms with Crippen molar-refractivity contribution in [3.8, 4) is 0 Å². The second-order valence-corrected chi connectivity index (χ2v) is 18.4. The molecule has 0 saturated heterocycles. The van der Waals surface area contributed by atoms with Gasteiger partial charge in [0.1, 0.15) is 12.6 Å². The fourth-order valence-electron chi connectivity index (χ4n) is 6.82. The molecule has 0 saturated carbocycles. The molecule has 4 N–H and O–H groups in total. The summed E-state index contributed by atoms with van der Waals surface area (Å²) >= 11 is 0. The average molecular weight is 922 g/mol. The Labute approximate surface area is 389 Å². The highest BCUT2D eigenvalue weighted by Crippen LogP contribution is 2.43. The largest absolute Gasteiger partial charge is 0.480 e. The average Bonchev–Trinajstić information content (AvgIpc) is 3.27. The summed E-state index contributed by atoms with van der Waals surface area (Å²) in [7, 11) is -4.73. The third-order valence-corrected chi connectivity index (χ3v) is 11.7. The number of ether oxygens (including phenoxy) is 2. The molecular formula is C52H92NO10P. The maximum Gasteiger partial charge on any atom is 0.472 e. The number of unbranched alkanes of at least 4 members (excludes halogenated alkanes) is 23. The zero-order valence-corrected chi connectivity index (χ0v) is 41.3.